The van der Waals surface area contributed by atoms with Crippen molar-refractivity contribution in [2.45, 2.75) is 155 Å². The third-order valence-electron chi connectivity index (χ3n) is 7.09. The van der Waals surface area contributed by atoms with Crippen LogP contribution in [0.4, 0.5) is 0 Å². The average molecular weight is 503 g/mol. The number of phenolic OH excluding ortho intramolecular Hbond substituents is 1. The third kappa shape index (κ3) is 12.9. The van der Waals surface area contributed by atoms with Crippen LogP contribution < -0.4 is 0 Å². The number of unbranched alkanes of at least 4 members (excludes halogenated alkanes) is 13. The molecular formula is C32H54O4. The number of carbonyl (C=O) groups excluding carboxylic acids is 1. The van der Waals surface area contributed by atoms with Crippen LogP contribution in [0.25, 0.3) is 0 Å². The maximum atomic E-state index is 13.0. The zero-order valence-electron chi connectivity index (χ0n) is 24.2. The second-order valence-corrected chi connectivity index (χ2v) is 12.7. The van der Waals surface area contributed by atoms with E-state index in [4.69, 9.17) is 5.11 Å². The highest BCUT2D eigenvalue weighted by atomic mass is 16.4. The van der Waals surface area contributed by atoms with Gasteiger partial charge in [-0.05, 0) is 35.8 Å². The molecule has 0 fully saturated rings. The Balaban J connectivity index is 2.22. The standard InChI is InChI=1S/C32H54O4/c1-31(2,3)26-23-25(24-27(30(26)36)32(4,5)6)28(33)21-19-17-15-13-11-9-7-8-10-12-14-16-18-20-22-29(34)35/h23-24,36H,7-22H2,1-6H3,(H,34,35). The largest absolute Gasteiger partial charge is 0.507 e. The fraction of sp³-hybridized carbons (Fsp3) is 0.750. The molecule has 0 unspecified atom stereocenters. The Morgan fingerprint density at radius 1 is 0.583 bits per heavy atom. The van der Waals surface area contributed by atoms with Gasteiger partial charge >= 0.3 is 5.97 Å². The van der Waals surface area contributed by atoms with Gasteiger partial charge in [0.25, 0.3) is 0 Å². The van der Waals surface area contributed by atoms with Crippen molar-refractivity contribution in [1.82, 2.24) is 0 Å². The molecule has 1 aromatic carbocycles. The lowest BCUT2D eigenvalue weighted by Crippen LogP contribution is -2.18. The molecule has 2 N–H and O–H groups in total. The molecular weight excluding hydrogens is 448 g/mol. The summed E-state index contributed by atoms with van der Waals surface area (Å²) >= 11 is 0. The molecule has 0 atom stereocenters. The molecule has 0 aliphatic rings. The molecule has 0 bridgehead atoms. The van der Waals surface area contributed by atoms with Crippen molar-refractivity contribution in [2.75, 3.05) is 0 Å². The second-order valence-electron chi connectivity index (χ2n) is 12.7. The number of carbonyl (C=O) groups is 2. The van der Waals surface area contributed by atoms with Crippen LogP contribution in [-0.2, 0) is 15.6 Å². The predicted octanol–water partition coefficient (Wildman–Crippen LogP) is 9.50. The van der Waals surface area contributed by atoms with Crippen molar-refractivity contribution in [3.8, 4) is 5.75 Å². The van der Waals surface area contributed by atoms with Crippen molar-refractivity contribution in [3.63, 3.8) is 0 Å². The molecule has 0 saturated heterocycles. The van der Waals surface area contributed by atoms with Crippen LogP contribution in [0.2, 0.25) is 0 Å². The lowest BCUT2D eigenvalue weighted by Gasteiger charge is -2.28. The Labute approximate surface area is 221 Å². The van der Waals surface area contributed by atoms with E-state index in [0.29, 0.717) is 18.6 Å². The molecule has 1 rings (SSSR count). The monoisotopic (exact) mass is 502 g/mol. The number of Topliss-reactive ketones (excluding diaryl/α,β-unsaturated/α-hetero) is 1. The van der Waals surface area contributed by atoms with Crippen molar-refractivity contribution >= 4 is 11.8 Å². The molecule has 1 aromatic rings. The first-order chi connectivity index (χ1) is 16.8. The summed E-state index contributed by atoms with van der Waals surface area (Å²) in [5.41, 5.74) is 2.01. The van der Waals surface area contributed by atoms with Crippen LogP contribution in [0.3, 0.4) is 0 Å². The predicted molar refractivity (Wildman–Crippen MR) is 151 cm³/mol. The van der Waals surface area contributed by atoms with E-state index in [-0.39, 0.29) is 16.6 Å². The first kappa shape index (κ1) is 32.2. The van der Waals surface area contributed by atoms with E-state index in [0.717, 1.165) is 48.8 Å². The fourth-order valence-electron chi connectivity index (χ4n) is 4.77. The molecule has 0 saturated carbocycles. The molecule has 0 radical (unpaired) electrons. The number of hydrogen-bond donors (Lipinski definition) is 2. The maximum absolute atomic E-state index is 13.0. The van der Waals surface area contributed by atoms with Gasteiger partial charge in [0.1, 0.15) is 5.75 Å². The summed E-state index contributed by atoms with van der Waals surface area (Å²) in [6.07, 6.45) is 17.4. The first-order valence-corrected chi connectivity index (χ1v) is 14.5. The van der Waals surface area contributed by atoms with E-state index in [1.807, 2.05) is 12.1 Å². The van der Waals surface area contributed by atoms with Gasteiger partial charge in [-0.3, -0.25) is 9.59 Å². The molecule has 4 nitrogen and oxygen atoms in total. The Morgan fingerprint density at radius 2 is 0.889 bits per heavy atom. The highest BCUT2D eigenvalue weighted by molar-refractivity contribution is 5.96. The summed E-state index contributed by atoms with van der Waals surface area (Å²) in [4.78, 5) is 23.4. The lowest BCUT2D eigenvalue weighted by molar-refractivity contribution is -0.137. The van der Waals surface area contributed by atoms with Gasteiger partial charge in [0.15, 0.2) is 5.78 Å². The Bertz CT molecular complexity index is 760. The molecule has 4 heteroatoms. The fourth-order valence-corrected chi connectivity index (χ4v) is 4.77. The molecule has 0 aromatic heterocycles. The van der Waals surface area contributed by atoms with Gasteiger partial charge in [0, 0.05) is 29.5 Å². The number of carboxylic acids is 1. The molecule has 0 spiro atoms. The van der Waals surface area contributed by atoms with Crippen molar-refractivity contribution in [2.24, 2.45) is 0 Å². The van der Waals surface area contributed by atoms with Crippen LogP contribution in [0.15, 0.2) is 12.1 Å². The van der Waals surface area contributed by atoms with Gasteiger partial charge in [-0.15, -0.1) is 0 Å². The SMILES string of the molecule is CC(C)(C)c1cc(C(=O)CCCCCCCCCCCCCCCCC(=O)O)cc(C(C)(C)C)c1O. The van der Waals surface area contributed by atoms with Crippen molar-refractivity contribution in [3.05, 3.63) is 28.8 Å². The summed E-state index contributed by atoms with van der Waals surface area (Å²) in [5, 5.41) is 19.5. The smallest absolute Gasteiger partial charge is 0.303 e. The molecule has 0 amide bonds. The molecule has 0 aliphatic carbocycles. The normalized spacial score (nSPS) is 12.2. The van der Waals surface area contributed by atoms with E-state index in [2.05, 4.69) is 41.5 Å². The van der Waals surface area contributed by atoms with Gasteiger partial charge in [-0.1, -0.05) is 119 Å². The molecule has 0 heterocycles. The van der Waals surface area contributed by atoms with Crippen molar-refractivity contribution in [1.29, 1.82) is 0 Å². The van der Waals surface area contributed by atoms with Gasteiger partial charge in [0.2, 0.25) is 0 Å². The van der Waals surface area contributed by atoms with Gasteiger partial charge in [-0.2, -0.15) is 0 Å². The summed E-state index contributed by atoms with van der Waals surface area (Å²) in [6, 6.07) is 3.82. The van der Waals surface area contributed by atoms with Gasteiger partial charge in [-0.25, -0.2) is 0 Å². The number of hydrogen-bond acceptors (Lipinski definition) is 3. The second kappa shape index (κ2) is 16.1. The van der Waals surface area contributed by atoms with E-state index in [1.165, 1.54) is 57.8 Å². The zero-order chi connectivity index (χ0) is 27.2. The van der Waals surface area contributed by atoms with E-state index in [1.54, 1.807) is 0 Å². The number of phenols is 1. The zero-order valence-corrected chi connectivity index (χ0v) is 24.2. The van der Waals surface area contributed by atoms with Gasteiger partial charge < -0.3 is 10.2 Å². The molecule has 0 aliphatic heterocycles. The maximum Gasteiger partial charge on any atom is 0.303 e. The van der Waals surface area contributed by atoms with Gasteiger partial charge in [0.05, 0.1) is 0 Å². The lowest BCUT2D eigenvalue weighted by atomic mass is 9.78. The third-order valence-corrected chi connectivity index (χ3v) is 7.09. The Kier molecular flexibility index (Phi) is 14.4. The number of rotatable bonds is 18. The number of ketones is 1. The number of benzene rings is 1. The quantitative estimate of drug-likeness (QED) is 0.155. The van der Waals surface area contributed by atoms with Crippen LogP contribution in [-0.4, -0.2) is 22.0 Å². The topological polar surface area (TPSA) is 74.6 Å². The van der Waals surface area contributed by atoms with E-state index in [9.17, 15) is 14.7 Å². The number of aromatic hydroxyl groups is 1. The van der Waals surface area contributed by atoms with Crippen molar-refractivity contribution < 1.29 is 19.8 Å². The highest BCUT2D eigenvalue weighted by Gasteiger charge is 2.27. The highest BCUT2D eigenvalue weighted by Crippen LogP contribution is 2.40. The molecule has 206 valence electrons. The minimum Gasteiger partial charge on any atom is -0.507 e. The number of aliphatic carboxylic acids is 1. The summed E-state index contributed by atoms with van der Waals surface area (Å²) < 4.78 is 0. The summed E-state index contributed by atoms with van der Waals surface area (Å²) in [7, 11) is 0. The minimum atomic E-state index is -0.679. The van der Waals surface area contributed by atoms with E-state index < -0.39 is 5.97 Å². The minimum absolute atomic E-state index is 0.188. The number of carboxylic acid groups (broad SMARTS) is 1. The first-order valence-electron chi connectivity index (χ1n) is 14.5. The van der Waals surface area contributed by atoms with Crippen LogP contribution in [0.1, 0.15) is 166 Å². The average Bonchev–Trinajstić information content (AvgIpc) is 2.77. The summed E-state index contributed by atoms with van der Waals surface area (Å²) in [5.74, 6) is -0.158. The summed E-state index contributed by atoms with van der Waals surface area (Å²) in [6.45, 7) is 12.5. The Hall–Kier alpha value is -1.84. The molecule has 36 heavy (non-hydrogen) atoms. The van der Waals surface area contributed by atoms with Crippen LogP contribution in [0, 0.1) is 0 Å². The Morgan fingerprint density at radius 3 is 1.19 bits per heavy atom. The van der Waals surface area contributed by atoms with Crippen LogP contribution >= 0.6 is 0 Å². The van der Waals surface area contributed by atoms with Crippen LogP contribution in [0.5, 0.6) is 5.75 Å². The van der Waals surface area contributed by atoms with E-state index >= 15 is 0 Å².